The number of β-lactam (4-membered cyclic amide) rings is 1. The van der Waals surface area contributed by atoms with E-state index in [2.05, 4.69) is 12.1 Å². The molecule has 28 heavy (non-hydrogen) atoms. The molecule has 0 saturated carbocycles. The van der Waals surface area contributed by atoms with Crippen molar-refractivity contribution in [2.75, 3.05) is 20.3 Å². The molecule has 2 aromatic rings. The first kappa shape index (κ1) is 19.9. The third-order valence-electron chi connectivity index (χ3n) is 4.99. The Morgan fingerprint density at radius 3 is 2.36 bits per heavy atom. The molecule has 0 aromatic heterocycles. The molecule has 5 nitrogen and oxygen atoms in total. The predicted octanol–water partition coefficient (Wildman–Crippen LogP) is 3.93. The molecule has 2 atom stereocenters. The normalized spacial score (nSPS) is 18.5. The highest BCUT2D eigenvalue weighted by Gasteiger charge is 2.49. The Labute approximate surface area is 166 Å². The van der Waals surface area contributed by atoms with Gasteiger partial charge in [0.2, 0.25) is 6.10 Å². The van der Waals surface area contributed by atoms with E-state index in [9.17, 15) is 4.79 Å². The molecular formula is C23H26N2O3. The van der Waals surface area contributed by atoms with E-state index in [-0.39, 0.29) is 11.9 Å². The van der Waals surface area contributed by atoms with E-state index in [4.69, 9.17) is 14.7 Å². The zero-order valence-electron chi connectivity index (χ0n) is 16.6. The van der Waals surface area contributed by atoms with Gasteiger partial charge in [-0.1, -0.05) is 18.2 Å². The number of benzene rings is 2. The van der Waals surface area contributed by atoms with Crippen LogP contribution in [0.2, 0.25) is 0 Å². The van der Waals surface area contributed by atoms with Gasteiger partial charge in [0, 0.05) is 20.3 Å². The van der Waals surface area contributed by atoms with Gasteiger partial charge < -0.3 is 14.4 Å². The second-order valence-corrected chi connectivity index (χ2v) is 7.27. The molecule has 1 aliphatic rings. The Hall–Kier alpha value is -2.84. The van der Waals surface area contributed by atoms with Gasteiger partial charge in [-0.25, -0.2) is 0 Å². The molecule has 1 fully saturated rings. The third-order valence-corrected chi connectivity index (χ3v) is 4.99. The summed E-state index contributed by atoms with van der Waals surface area (Å²) in [6, 6.07) is 15.4. The maximum atomic E-state index is 12.8. The molecule has 0 aliphatic carbocycles. The number of methoxy groups -OCH3 is 1. The van der Waals surface area contributed by atoms with Crippen LogP contribution in [0.25, 0.3) is 0 Å². The number of hydrogen-bond acceptors (Lipinski definition) is 4. The van der Waals surface area contributed by atoms with Crippen LogP contribution in [-0.2, 0) is 9.53 Å². The summed E-state index contributed by atoms with van der Waals surface area (Å²) in [5.74, 6) is 0.722. The first-order valence-corrected chi connectivity index (χ1v) is 9.58. The summed E-state index contributed by atoms with van der Waals surface area (Å²) >= 11 is 0. The molecule has 1 aliphatic heterocycles. The summed E-state index contributed by atoms with van der Waals surface area (Å²) in [4.78, 5) is 14.7. The van der Waals surface area contributed by atoms with Crippen molar-refractivity contribution < 1.29 is 14.3 Å². The molecule has 0 radical (unpaired) electrons. The highest BCUT2D eigenvalue weighted by atomic mass is 16.5. The number of amides is 1. The number of ether oxygens (including phenoxy) is 2. The number of nitrogens with zero attached hydrogens (tertiary/aromatic N) is 2. The lowest BCUT2D eigenvalue weighted by Crippen LogP contribution is -2.61. The average Bonchev–Trinajstić information content (AvgIpc) is 2.68. The number of rotatable bonds is 8. The number of likely N-dealkylation sites (tertiary alicyclic amines) is 1. The predicted molar refractivity (Wildman–Crippen MR) is 107 cm³/mol. The topological polar surface area (TPSA) is 62.6 Å². The molecule has 146 valence electrons. The fraction of sp³-hybridized carbons (Fsp3) is 0.391. The van der Waals surface area contributed by atoms with Gasteiger partial charge >= 0.3 is 0 Å². The molecule has 1 heterocycles. The van der Waals surface area contributed by atoms with E-state index in [1.165, 1.54) is 0 Å². The van der Waals surface area contributed by atoms with E-state index in [0.29, 0.717) is 24.5 Å². The monoisotopic (exact) mass is 378 g/mol. The minimum Gasteiger partial charge on any atom is -0.478 e. The molecule has 2 aromatic carbocycles. The maximum absolute atomic E-state index is 12.8. The third kappa shape index (κ3) is 4.35. The number of carbonyl (C=O) groups excluding carboxylic acids is 1. The van der Waals surface area contributed by atoms with Crippen molar-refractivity contribution in [3.05, 3.63) is 64.7 Å². The number of hydrogen-bond donors (Lipinski definition) is 0. The van der Waals surface area contributed by atoms with E-state index in [0.717, 1.165) is 29.5 Å². The van der Waals surface area contributed by atoms with E-state index < -0.39 is 6.10 Å². The minimum absolute atomic E-state index is 0.00550. The van der Waals surface area contributed by atoms with Crippen molar-refractivity contribution >= 4 is 5.91 Å². The summed E-state index contributed by atoms with van der Waals surface area (Å²) in [7, 11) is 1.68. The smallest absolute Gasteiger partial charge is 0.266 e. The Balaban J connectivity index is 1.80. The standard InChI is InChI=1S/C23H26N2O3/c1-16-12-17(2)14-20(13-16)28-22-21(19-8-6-18(15-24)7-9-19)25(23(22)26)10-4-5-11-27-3/h6-9,12-14,21-22H,4-5,10-11H2,1-3H3/t21-,22-/m0/s1. The van der Waals surface area contributed by atoms with Crippen LogP contribution < -0.4 is 4.74 Å². The highest BCUT2D eigenvalue weighted by molar-refractivity contribution is 5.89. The molecule has 0 bridgehead atoms. The van der Waals surface area contributed by atoms with Crippen molar-refractivity contribution in [1.82, 2.24) is 4.90 Å². The summed E-state index contributed by atoms with van der Waals surface area (Å²) in [6.07, 6.45) is 1.24. The first-order valence-electron chi connectivity index (χ1n) is 9.58. The van der Waals surface area contributed by atoms with Crippen molar-refractivity contribution in [2.24, 2.45) is 0 Å². The quantitative estimate of drug-likeness (QED) is 0.516. The van der Waals surface area contributed by atoms with Crippen LogP contribution in [0.5, 0.6) is 5.75 Å². The van der Waals surface area contributed by atoms with E-state index >= 15 is 0 Å². The SMILES string of the molecule is COCCCCN1C(=O)[C@@H](Oc2cc(C)cc(C)c2)[C@@H]1c1ccc(C#N)cc1. The van der Waals surface area contributed by atoms with Gasteiger partial charge in [0.05, 0.1) is 11.6 Å². The molecule has 3 rings (SSSR count). The summed E-state index contributed by atoms with van der Waals surface area (Å²) in [5.41, 5.74) is 3.80. The number of carbonyl (C=O) groups is 1. The Bertz CT molecular complexity index is 850. The van der Waals surface area contributed by atoms with Crippen LogP contribution in [0.15, 0.2) is 42.5 Å². The Kier molecular flexibility index (Phi) is 6.33. The summed E-state index contributed by atoms with van der Waals surface area (Å²) in [6.45, 7) is 5.39. The number of aryl methyl sites for hydroxylation is 2. The van der Waals surface area contributed by atoms with Gasteiger partial charge in [0.25, 0.3) is 5.91 Å². The molecule has 0 spiro atoms. The van der Waals surface area contributed by atoms with Gasteiger partial charge in [-0.15, -0.1) is 0 Å². The fourth-order valence-corrected chi connectivity index (χ4v) is 3.67. The lowest BCUT2D eigenvalue weighted by Gasteiger charge is -2.47. The Morgan fingerprint density at radius 1 is 1.07 bits per heavy atom. The van der Waals surface area contributed by atoms with E-state index in [1.54, 1.807) is 19.2 Å². The van der Waals surface area contributed by atoms with Crippen LogP contribution in [0.3, 0.4) is 0 Å². The van der Waals surface area contributed by atoms with Crippen molar-refractivity contribution in [3.8, 4) is 11.8 Å². The van der Waals surface area contributed by atoms with Crippen molar-refractivity contribution in [2.45, 2.75) is 38.8 Å². The van der Waals surface area contributed by atoms with E-state index in [1.807, 2.05) is 43.0 Å². The molecule has 5 heteroatoms. The van der Waals surface area contributed by atoms with Crippen LogP contribution in [0, 0.1) is 25.2 Å². The number of nitriles is 1. The van der Waals surface area contributed by atoms with Gasteiger partial charge in [-0.2, -0.15) is 5.26 Å². The van der Waals surface area contributed by atoms with Crippen LogP contribution in [0.1, 0.15) is 41.1 Å². The van der Waals surface area contributed by atoms with Gasteiger partial charge in [-0.3, -0.25) is 4.79 Å². The largest absolute Gasteiger partial charge is 0.478 e. The lowest BCUT2D eigenvalue weighted by atomic mass is 9.89. The fourth-order valence-electron chi connectivity index (χ4n) is 3.67. The molecule has 1 saturated heterocycles. The maximum Gasteiger partial charge on any atom is 0.266 e. The molecular weight excluding hydrogens is 352 g/mol. The highest BCUT2D eigenvalue weighted by Crippen LogP contribution is 2.38. The van der Waals surface area contributed by atoms with Crippen LogP contribution in [-0.4, -0.2) is 37.2 Å². The second-order valence-electron chi connectivity index (χ2n) is 7.27. The first-order chi connectivity index (χ1) is 13.5. The summed E-state index contributed by atoms with van der Waals surface area (Å²) in [5, 5.41) is 9.05. The molecule has 1 amide bonds. The van der Waals surface area contributed by atoms with Gasteiger partial charge in [-0.05, 0) is 67.6 Å². The van der Waals surface area contributed by atoms with Gasteiger partial charge in [0.1, 0.15) is 11.8 Å². The zero-order chi connectivity index (χ0) is 20.1. The van der Waals surface area contributed by atoms with Crippen molar-refractivity contribution in [1.29, 1.82) is 5.26 Å². The molecule has 0 N–H and O–H groups in total. The minimum atomic E-state index is -0.545. The Morgan fingerprint density at radius 2 is 1.75 bits per heavy atom. The van der Waals surface area contributed by atoms with Gasteiger partial charge in [0.15, 0.2) is 0 Å². The molecule has 0 unspecified atom stereocenters. The zero-order valence-corrected chi connectivity index (χ0v) is 16.6. The average molecular weight is 378 g/mol. The summed E-state index contributed by atoms with van der Waals surface area (Å²) < 4.78 is 11.2. The lowest BCUT2D eigenvalue weighted by molar-refractivity contribution is -0.164. The van der Waals surface area contributed by atoms with Crippen LogP contribution >= 0.6 is 0 Å². The number of unbranched alkanes of at least 4 members (excludes halogenated alkanes) is 1. The van der Waals surface area contributed by atoms with Crippen molar-refractivity contribution in [3.63, 3.8) is 0 Å². The van der Waals surface area contributed by atoms with Crippen LogP contribution in [0.4, 0.5) is 0 Å². The second kappa shape index (κ2) is 8.90.